The first-order valence-electron chi connectivity index (χ1n) is 24.2. The van der Waals surface area contributed by atoms with Gasteiger partial charge in [0.2, 0.25) is 47.3 Å². The molecule has 70 heavy (non-hydrogen) atoms. The highest BCUT2D eigenvalue weighted by Crippen LogP contribution is 2.23. The minimum atomic E-state index is -1.59. The number of hydrogen-bond donors (Lipinski definition) is 13. The number of amides is 8. The predicted molar refractivity (Wildman–Crippen MR) is 256 cm³/mol. The molecule has 2 aliphatic heterocycles. The van der Waals surface area contributed by atoms with Crippen LogP contribution in [0.15, 0.2) is 30.5 Å². The highest BCUT2D eigenvalue weighted by atomic mass is 16.4. The minimum absolute atomic E-state index is 0.0691. The number of aliphatic carboxylic acids is 1. The molecule has 2 fully saturated rings. The van der Waals surface area contributed by atoms with E-state index < -0.39 is 115 Å². The van der Waals surface area contributed by atoms with Gasteiger partial charge in [-0.05, 0) is 121 Å². The molecular formula is C46H73N13O11. The Balaban J connectivity index is 1.44. The van der Waals surface area contributed by atoms with Crippen molar-refractivity contribution >= 4 is 64.1 Å². The summed E-state index contributed by atoms with van der Waals surface area (Å²) in [6.45, 7) is 0.278. The summed E-state index contributed by atoms with van der Waals surface area (Å²) in [4.78, 5) is 126. The number of benzene rings is 1. The summed E-state index contributed by atoms with van der Waals surface area (Å²) in [6.07, 6.45) is 5.50. The number of carboxylic acid groups (broad SMARTS) is 1. The topological polar surface area (TPSA) is 407 Å². The average Bonchev–Trinajstić information content (AvgIpc) is 4.13. The second-order valence-corrected chi connectivity index (χ2v) is 17.9. The molecule has 1 aromatic carbocycles. The number of carboxylic acids is 1. The van der Waals surface area contributed by atoms with E-state index in [1.165, 1.54) is 9.80 Å². The average molecular weight is 984 g/mol. The largest absolute Gasteiger partial charge is 0.480 e. The van der Waals surface area contributed by atoms with E-state index in [0.717, 1.165) is 16.5 Å². The zero-order valence-electron chi connectivity index (χ0n) is 39.7. The van der Waals surface area contributed by atoms with E-state index in [-0.39, 0.29) is 58.2 Å². The number of carbonyl (C=O) groups excluding carboxylic acids is 8. The highest BCUT2D eigenvalue weighted by Gasteiger charge is 2.42. The van der Waals surface area contributed by atoms with Crippen molar-refractivity contribution in [3.05, 3.63) is 36.0 Å². The number of hydrogen-bond acceptors (Lipinski definition) is 14. The summed E-state index contributed by atoms with van der Waals surface area (Å²) < 4.78 is 0. The molecule has 0 aliphatic carbocycles. The predicted octanol–water partition coefficient (Wildman–Crippen LogP) is -3.22. The minimum Gasteiger partial charge on any atom is -0.480 e. The number of unbranched alkanes of at least 4 members (excludes halogenated alkanes) is 3. The fraction of sp³-hybridized carbons (Fsp3) is 0.630. The SMILES string of the molecule is NCCCC[C@H](NC(=O)[C@@H]1CCCN1C(=O)[C@H](CCCCN)NC(=O)[C@H](CO)NC(=O)[C@@H]1CCCN1C(=O)[C@H](CCCCN)NC(=O)[C@H](CC(N)=O)NC(=O)[C@@H](N)Cc1c[nH]c2ccccc12)C(=O)O. The number of aromatic nitrogens is 1. The van der Waals surface area contributed by atoms with Gasteiger partial charge in [-0.2, -0.15) is 0 Å². The number of rotatable bonds is 30. The van der Waals surface area contributed by atoms with Crippen LogP contribution >= 0.6 is 0 Å². The van der Waals surface area contributed by atoms with Crippen LogP contribution in [0.5, 0.6) is 0 Å². The number of aromatic amines is 1. The molecule has 0 bridgehead atoms. The first-order valence-corrected chi connectivity index (χ1v) is 24.2. The number of aliphatic hydroxyl groups excluding tert-OH is 1. The zero-order chi connectivity index (χ0) is 51.3. The van der Waals surface area contributed by atoms with Gasteiger partial charge < -0.3 is 80.2 Å². The van der Waals surface area contributed by atoms with Crippen LogP contribution in [0.25, 0.3) is 10.9 Å². The van der Waals surface area contributed by atoms with Gasteiger partial charge in [0.25, 0.3) is 0 Å². The maximum atomic E-state index is 14.3. The Hall–Kier alpha value is -6.21. The fourth-order valence-corrected chi connectivity index (χ4v) is 8.85. The fourth-order valence-electron chi connectivity index (χ4n) is 8.85. The third kappa shape index (κ3) is 16.2. The van der Waals surface area contributed by atoms with Crippen molar-refractivity contribution in [2.24, 2.45) is 28.7 Å². The normalized spacial score (nSPS) is 18.2. The molecule has 4 rings (SSSR count). The lowest BCUT2D eigenvalue weighted by Crippen LogP contribution is -2.60. The molecular weight excluding hydrogens is 911 g/mol. The number of H-pyrrole nitrogens is 1. The Morgan fingerprint density at radius 1 is 0.643 bits per heavy atom. The molecule has 2 saturated heterocycles. The number of carbonyl (C=O) groups is 9. The van der Waals surface area contributed by atoms with Gasteiger partial charge in [-0.1, -0.05) is 18.2 Å². The van der Waals surface area contributed by atoms with Gasteiger partial charge in [-0.3, -0.25) is 38.4 Å². The van der Waals surface area contributed by atoms with Crippen molar-refractivity contribution in [1.29, 1.82) is 0 Å². The summed E-state index contributed by atoms with van der Waals surface area (Å²) in [5, 5.41) is 33.8. The van der Waals surface area contributed by atoms with Gasteiger partial charge in [0.05, 0.1) is 19.1 Å². The summed E-state index contributed by atoms with van der Waals surface area (Å²) in [5.41, 5.74) is 30.3. The van der Waals surface area contributed by atoms with Crippen LogP contribution in [-0.4, -0.2) is 166 Å². The Bertz CT molecular complexity index is 2120. The molecule has 0 radical (unpaired) electrons. The third-order valence-electron chi connectivity index (χ3n) is 12.7. The number of nitrogens with zero attached hydrogens (tertiary/aromatic N) is 2. The van der Waals surface area contributed by atoms with E-state index in [0.29, 0.717) is 64.5 Å². The monoisotopic (exact) mass is 984 g/mol. The number of fused-ring (bicyclic) bond motifs is 1. The van der Waals surface area contributed by atoms with Crippen molar-refractivity contribution in [1.82, 2.24) is 41.4 Å². The summed E-state index contributed by atoms with van der Waals surface area (Å²) >= 11 is 0. The molecule has 2 aromatic rings. The first-order chi connectivity index (χ1) is 33.5. The zero-order valence-corrected chi connectivity index (χ0v) is 39.7. The van der Waals surface area contributed by atoms with E-state index in [2.05, 4.69) is 31.6 Å². The van der Waals surface area contributed by atoms with E-state index in [1.807, 2.05) is 24.3 Å². The van der Waals surface area contributed by atoms with Gasteiger partial charge >= 0.3 is 5.97 Å². The van der Waals surface area contributed by atoms with E-state index >= 15 is 0 Å². The van der Waals surface area contributed by atoms with Gasteiger partial charge in [-0.15, -0.1) is 0 Å². The molecule has 0 spiro atoms. The van der Waals surface area contributed by atoms with Crippen LogP contribution in [0.2, 0.25) is 0 Å². The maximum Gasteiger partial charge on any atom is 0.326 e. The molecule has 8 atom stereocenters. The molecule has 388 valence electrons. The van der Waals surface area contributed by atoms with Gasteiger partial charge in [0, 0.05) is 30.2 Å². The molecule has 2 aliphatic rings. The number of likely N-dealkylation sites (tertiary alicyclic amines) is 2. The smallest absolute Gasteiger partial charge is 0.326 e. The van der Waals surface area contributed by atoms with Crippen molar-refractivity contribution in [2.75, 3.05) is 39.3 Å². The van der Waals surface area contributed by atoms with Crippen LogP contribution in [0, 0.1) is 0 Å². The molecule has 0 unspecified atom stereocenters. The second-order valence-electron chi connectivity index (χ2n) is 17.9. The van der Waals surface area contributed by atoms with Crippen molar-refractivity contribution < 1.29 is 53.4 Å². The van der Waals surface area contributed by atoms with Crippen LogP contribution < -0.4 is 55.3 Å². The number of nitrogens with one attached hydrogen (secondary N) is 6. The number of primary amides is 1. The standard InChI is InChI=1S/C46H73N13O11/c47-18-6-3-13-31(53-40(63)34(24-38(51)61)56-39(62)29(50)23-27-25-52-30-12-2-1-11-28(27)30)44(67)59-22-10-17-37(59)43(66)57-35(26-60)41(64)54-32(14-4-7-19-48)45(68)58-21-9-16-36(58)42(65)55-33(46(69)70)15-5-8-20-49/h1-2,11-12,25,29,31-37,52,60H,3-10,13-24,26,47-50H2,(H2,51,61)(H,53,63)(H,54,64)(H,55,65)(H,56,62)(H,57,66)(H,69,70)/t29-,31-,32-,33-,34-,35-,36-,37-/m0/s1. The van der Waals surface area contributed by atoms with Crippen molar-refractivity contribution in [2.45, 2.75) is 145 Å². The van der Waals surface area contributed by atoms with E-state index in [9.17, 15) is 53.4 Å². The first kappa shape index (κ1) is 56.4. The maximum absolute atomic E-state index is 14.3. The van der Waals surface area contributed by atoms with Crippen LogP contribution in [0.1, 0.15) is 95.5 Å². The second kappa shape index (κ2) is 28.5. The summed E-state index contributed by atoms with van der Waals surface area (Å²) in [5.74, 6) is -7.40. The Morgan fingerprint density at radius 2 is 1.11 bits per heavy atom. The third-order valence-corrected chi connectivity index (χ3v) is 12.7. The molecule has 3 heterocycles. The molecule has 1 aromatic heterocycles. The van der Waals surface area contributed by atoms with Crippen molar-refractivity contribution in [3.63, 3.8) is 0 Å². The van der Waals surface area contributed by atoms with E-state index in [4.69, 9.17) is 28.7 Å². The van der Waals surface area contributed by atoms with E-state index in [1.54, 1.807) is 6.20 Å². The molecule has 24 nitrogen and oxygen atoms in total. The van der Waals surface area contributed by atoms with Gasteiger partial charge in [0.1, 0.15) is 42.3 Å². The summed E-state index contributed by atoms with van der Waals surface area (Å²) in [6, 6.07) is -2.61. The molecule has 0 saturated carbocycles. The lowest BCUT2D eigenvalue weighted by molar-refractivity contribution is -0.145. The molecule has 24 heteroatoms. The molecule has 18 N–H and O–H groups in total. The Morgan fingerprint density at radius 3 is 1.60 bits per heavy atom. The highest BCUT2D eigenvalue weighted by molar-refractivity contribution is 5.99. The van der Waals surface area contributed by atoms with Crippen LogP contribution in [0.3, 0.4) is 0 Å². The quantitative estimate of drug-likeness (QED) is 0.0343. The number of para-hydroxylation sites is 1. The Labute approximate surface area is 406 Å². The number of aliphatic hydroxyl groups is 1. The lowest BCUT2D eigenvalue weighted by Gasteiger charge is -2.31. The van der Waals surface area contributed by atoms with Crippen LogP contribution in [0.4, 0.5) is 0 Å². The lowest BCUT2D eigenvalue weighted by atomic mass is 10.0. The Kier molecular flexibility index (Phi) is 22.9. The van der Waals surface area contributed by atoms with Gasteiger partial charge in [0.15, 0.2) is 0 Å². The number of nitrogens with two attached hydrogens (primary N) is 5. The van der Waals surface area contributed by atoms with Crippen LogP contribution in [-0.2, 0) is 49.6 Å². The summed E-state index contributed by atoms with van der Waals surface area (Å²) in [7, 11) is 0. The molecule has 8 amide bonds. The van der Waals surface area contributed by atoms with Crippen molar-refractivity contribution in [3.8, 4) is 0 Å². The van der Waals surface area contributed by atoms with Gasteiger partial charge in [-0.25, -0.2) is 4.79 Å².